The van der Waals surface area contributed by atoms with E-state index < -0.39 is 6.10 Å². The van der Waals surface area contributed by atoms with Gasteiger partial charge in [0.05, 0.1) is 18.3 Å². The lowest BCUT2D eigenvalue weighted by Gasteiger charge is -2.22. The lowest BCUT2D eigenvalue weighted by Crippen LogP contribution is -2.35. The number of rotatable bonds is 4. The number of nitrogens with two attached hydrogens (primary N) is 1. The molecule has 0 aliphatic carbocycles. The molecule has 0 radical (unpaired) electrons. The van der Waals surface area contributed by atoms with E-state index in [0.29, 0.717) is 5.02 Å². The second kappa shape index (κ2) is 6.02. The van der Waals surface area contributed by atoms with Gasteiger partial charge in [0.1, 0.15) is 0 Å². The van der Waals surface area contributed by atoms with Crippen LogP contribution in [-0.4, -0.2) is 16.6 Å². The van der Waals surface area contributed by atoms with Crippen molar-refractivity contribution < 1.29 is 5.11 Å². The summed E-state index contributed by atoms with van der Waals surface area (Å²) in [7, 11) is 0. The Labute approximate surface area is 117 Å². The molecule has 0 saturated heterocycles. The zero-order valence-corrected chi connectivity index (χ0v) is 11.4. The summed E-state index contributed by atoms with van der Waals surface area (Å²) >= 11 is 5.82. The van der Waals surface area contributed by atoms with Gasteiger partial charge in [-0.15, -0.1) is 0 Å². The number of anilines is 1. The van der Waals surface area contributed by atoms with Crippen LogP contribution in [0.1, 0.15) is 17.4 Å². The highest BCUT2D eigenvalue weighted by Gasteiger charge is 2.12. The SMILES string of the molecule is Cc1ccc(C(O)CN(N)c2ccc(Cl)cc2)cn1. The minimum Gasteiger partial charge on any atom is -0.386 e. The number of aryl methyl sites for hydroxylation is 1. The number of hydrogen-bond donors (Lipinski definition) is 2. The molecule has 2 aromatic rings. The van der Waals surface area contributed by atoms with Gasteiger partial charge in [-0.25, -0.2) is 5.84 Å². The number of pyridine rings is 1. The van der Waals surface area contributed by atoms with Crippen LogP contribution in [0, 0.1) is 6.92 Å². The summed E-state index contributed by atoms with van der Waals surface area (Å²) in [6.45, 7) is 2.19. The van der Waals surface area contributed by atoms with Gasteiger partial charge in [-0.3, -0.25) is 4.98 Å². The minimum atomic E-state index is -0.686. The normalized spacial score (nSPS) is 12.2. The van der Waals surface area contributed by atoms with Crippen LogP contribution in [0.2, 0.25) is 5.02 Å². The standard InChI is InChI=1S/C14H16ClN3O/c1-10-2-3-11(8-17-10)14(19)9-18(16)13-6-4-12(15)5-7-13/h2-8,14,19H,9,16H2,1H3. The molecule has 0 aliphatic heterocycles. The maximum Gasteiger partial charge on any atom is 0.0995 e. The second-order valence-corrected chi connectivity index (χ2v) is 4.81. The summed E-state index contributed by atoms with van der Waals surface area (Å²) in [5.41, 5.74) is 2.46. The number of aliphatic hydroxyl groups is 1. The quantitative estimate of drug-likeness (QED) is 0.666. The molecule has 3 N–H and O–H groups in total. The topological polar surface area (TPSA) is 62.4 Å². The van der Waals surface area contributed by atoms with Crippen LogP contribution in [0.25, 0.3) is 0 Å². The molecule has 2 rings (SSSR count). The van der Waals surface area contributed by atoms with Crippen molar-refractivity contribution in [2.45, 2.75) is 13.0 Å². The molecule has 1 unspecified atom stereocenters. The Bertz CT molecular complexity index is 478. The summed E-state index contributed by atoms with van der Waals surface area (Å²) in [6, 6.07) is 10.8. The van der Waals surface area contributed by atoms with Gasteiger partial charge in [-0.1, -0.05) is 17.7 Å². The molecule has 4 nitrogen and oxygen atoms in total. The van der Waals surface area contributed by atoms with E-state index >= 15 is 0 Å². The van der Waals surface area contributed by atoms with Crippen molar-refractivity contribution >= 4 is 17.3 Å². The lowest BCUT2D eigenvalue weighted by atomic mass is 10.1. The van der Waals surface area contributed by atoms with Crippen LogP contribution in [-0.2, 0) is 0 Å². The molecule has 1 aromatic heterocycles. The zero-order chi connectivity index (χ0) is 13.8. The van der Waals surface area contributed by atoms with E-state index in [1.165, 1.54) is 5.01 Å². The third kappa shape index (κ3) is 3.67. The number of hydrazine groups is 1. The first-order chi connectivity index (χ1) is 9.06. The Morgan fingerprint density at radius 2 is 1.95 bits per heavy atom. The average molecular weight is 278 g/mol. The van der Waals surface area contributed by atoms with Crippen LogP contribution in [0.4, 0.5) is 5.69 Å². The van der Waals surface area contributed by atoms with Crippen molar-refractivity contribution in [3.05, 3.63) is 58.9 Å². The number of nitrogens with zero attached hydrogens (tertiary/aromatic N) is 2. The van der Waals surface area contributed by atoms with Crippen LogP contribution >= 0.6 is 11.6 Å². The van der Waals surface area contributed by atoms with Crippen molar-refractivity contribution in [3.8, 4) is 0 Å². The van der Waals surface area contributed by atoms with Crippen molar-refractivity contribution in [2.75, 3.05) is 11.6 Å². The van der Waals surface area contributed by atoms with Crippen LogP contribution < -0.4 is 10.9 Å². The molecule has 0 aliphatic rings. The second-order valence-electron chi connectivity index (χ2n) is 4.38. The van der Waals surface area contributed by atoms with Gasteiger partial charge in [-0.05, 0) is 37.3 Å². The van der Waals surface area contributed by atoms with Gasteiger partial charge in [0.15, 0.2) is 0 Å². The van der Waals surface area contributed by atoms with E-state index in [2.05, 4.69) is 4.98 Å². The fraction of sp³-hybridized carbons (Fsp3) is 0.214. The Kier molecular flexibility index (Phi) is 4.37. The van der Waals surface area contributed by atoms with Gasteiger partial charge in [0.25, 0.3) is 0 Å². The largest absolute Gasteiger partial charge is 0.386 e. The van der Waals surface area contributed by atoms with Gasteiger partial charge in [0.2, 0.25) is 0 Å². The summed E-state index contributed by atoms with van der Waals surface area (Å²) in [5, 5.41) is 12.3. The van der Waals surface area contributed by atoms with Crippen molar-refractivity contribution in [3.63, 3.8) is 0 Å². The number of aromatic nitrogens is 1. The summed E-state index contributed by atoms with van der Waals surface area (Å²) in [6.07, 6.45) is 0.976. The molecule has 0 amide bonds. The average Bonchev–Trinajstić information content (AvgIpc) is 2.40. The van der Waals surface area contributed by atoms with E-state index in [1.54, 1.807) is 18.3 Å². The summed E-state index contributed by atoms with van der Waals surface area (Å²) in [5.74, 6) is 5.92. The third-order valence-electron chi connectivity index (χ3n) is 2.85. The predicted octanol–water partition coefficient (Wildman–Crippen LogP) is 2.46. The number of halogens is 1. The highest BCUT2D eigenvalue weighted by atomic mass is 35.5. The Balaban J connectivity index is 2.03. The van der Waals surface area contributed by atoms with Gasteiger partial charge in [-0.2, -0.15) is 0 Å². The summed E-state index contributed by atoms with van der Waals surface area (Å²) < 4.78 is 0. The van der Waals surface area contributed by atoms with E-state index in [-0.39, 0.29) is 6.54 Å². The first-order valence-electron chi connectivity index (χ1n) is 5.94. The third-order valence-corrected chi connectivity index (χ3v) is 3.10. The van der Waals surface area contributed by atoms with Gasteiger partial charge >= 0.3 is 0 Å². The van der Waals surface area contributed by atoms with Crippen molar-refractivity contribution in [2.24, 2.45) is 5.84 Å². The highest BCUT2D eigenvalue weighted by Crippen LogP contribution is 2.19. The molecule has 0 bridgehead atoms. The van der Waals surface area contributed by atoms with E-state index in [0.717, 1.165) is 16.9 Å². The fourth-order valence-electron chi connectivity index (χ4n) is 1.71. The molecule has 1 heterocycles. The smallest absolute Gasteiger partial charge is 0.0995 e. The maximum atomic E-state index is 10.1. The molecular weight excluding hydrogens is 262 g/mol. The molecule has 1 atom stereocenters. The van der Waals surface area contributed by atoms with Crippen LogP contribution in [0.5, 0.6) is 0 Å². The lowest BCUT2D eigenvalue weighted by molar-refractivity contribution is 0.183. The van der Waals surface area contributed by atoms with Gasteiger partial charge < -0.3 is 10.1 Å². The molecule has 19 heavy (non-hydrogen) atoms. The summed E-state index contributed by atoms with van der Waals surface area (Å²) in [4.78, 5) is 4.16. The molecule has 5 heteroatoms. The number of benzene rings is 1. The number of aliphatic hydroxyl groups excluding tert-OH is 1. The van der Waals surface area contributed by atoms with Crippen LogP contribution in [0.3, 0.4) is 0 Å². The maximum absolute atomic E-state index is 10.1. The number of hydrogen-bond acceptors (Lipinski definition) is 4. The van der Waals surface area contributed by atoms with Gasteiger partial charge in [0, 0.05) is 22.5 Å². The molecule has 1 aromatic carbocycles. The van der Waals surface area contributed by atoms with E-state index in [4.69, 9.17) is 17.4 Å². The van der Waals surface area contributed by atoms with Crippen LogP contribution in [0.15, 0.2) is 42.6 Å². The fourth-order valence-corrected chi connectivity index (χ4v) is 1.83. The van der Waals surface area contributed by atoms with E-state index in [1.807, 2.05) is 31.2 Å². The highest BCUT2D eigenvalue weighted by molar-refractivity contribution is 6.30. The first-order valence-corrected chi connectivity index (χ1v) is 6.32. The predicted molar refractivity (Wildman–Crippen MR) is 76.9 cm³/mol. The first kappa shape index (κ1) is 13.8. The Morgan fingerprint density at radius 3 is 2.53 bits per heavy atom. The van der Waals surface area contributed by atoms with Crippen molar-refractivity contribution in [1.29, 1.82) is 0 Å². The molecular formula is C14H16ClN3O. The van der Waals surface area contributed by atoms with E-state index in [9.17, 15) is 5.11 Å². The minimum absolute atomic E-state index is 0.284. The molecule has 0 saturated carbocycles. The monoisotopic (exact) mass is 277 g/mol. The molecule has 0 fully saturated rings. The Hall–Kier alpha value is -1.62. The zero-order valence-electron chi connectivity index (χ0n) is 10.6. The Morgan fingerprint density at radius 1 is 1.26 bits per heavy atom. The molecule has 100 valence electrons. The van der Waals surface area contributed by atoms with Crippen molar-refractivity contribution in [1.82, 2.24) is 4.98 Å². The molecule has 0 spiro atoms.